The Morgan fingerprint density at radius 3 is 2.59 bits per heavy atom. The standard InChI is InChI=1S/C25H29NO/c1-2-8-25(27)22-14-21-20-15-24(22)26(16-17-9-4-3-5-10-17)23(21)13-18-11-6-7-12-19(18)20/h3-7,9-12,20-24H,2,8,13-16H2,1H3. The molecule has 1 saturated carbocycles. The highest BCUT2D eigenvalue weighted by molar-refractivity contribution is 5.82. The minimum absolute atomic E-state index is 0.247. The lowest BCUT2D eigenvalue weighted by atomic mass is 9.56. The molecule has 5 atom stereocenters. The first-order valence-electron chi connectivity index (χ1n) is 10.7. The Balaban J connectivity index is 1.51. The first-order valence-corrected chi connectivity index (χ1v) is 10.7. The highest BCUT2D eigenvalue weighted by Gasteiger charge is 2.55. The molecule has 0 radical (unpaired) electrons. The lowest BCUT2D eigenvalue weighted by Gasteiger charge is -2.60. The lowest BCUT2D eigenvalue weighted by molar-refractivity contribution is -0.137. The maximum Gasteiger partial charge on any atom is 0.137 e. The van der Waals surface area contributed by atoms with E-state index in [0.29, 0.717) is 29.7 Å². The van der Waals surface area contributed by atoms with Gasteiger partial charge in [-0.25, -0.2) is 0 Å². The summed E-state index contributed by atoms with van der Waals surface area (Å²) in [7, 11) is 0. The molecule has 4 bridgehead atoms. The molecule has 2 aliphatic heterocycles. The highest BCUT2D eigenvalue weighted by Crippen LogP contribution is 2.55. The van der Waals surface area contributed by atoms with Crippen LogP contribution in [0.5, 0.6) is 0 Å². The van der Waals surface area contributed by atoms with E-state index < -0.39 is 0 Å². The summed E-state index contributed by atoms with van der Waals surface area (Å²) in [6, 6.07) is 20.9. The van der Waals surface area contributed by atoms with E-state index in [1.165, 1.54) is 5.56 Å². The number of ketones is 1. The topological polar surface area (TPSA) is 20.3 Å². The van der Waals surface area contributed by atoms with Gasteiger partial charge in [0.2, 0.25) is 0 Å². The number of carbonyl (C=O) groups excluding carboxylic acids is 1. The van der Waals surface area contributed by atoms with Gasteiger partial charge in [0.05, 0.1) is 0 Å². The van der Waals surface area contributed by atoms with E-state index in [1.54, 1.807) is 11.1 Å². The summed E-state index contributed by atoms with van der Waals surface area (Å²) in [4.78, 5) is 15.6. The number of Topliss-reactive ketones (excluding diaryl/α,β-unsaturated/α-hetero) is 1. The van der Waals surface area contributed by atoms with E-state index in [9.17, 15) is 4.79 Å². The number of nitrogens with zero attached hydrogens (tertiary/aromatic N) is 1. The number of hydrogen-bond donors (Lipinski definition) is 0. The van der Waals surface area contributed by atoms with Gasteiger partial charge in [0.25, 0.3) is 0 Å². The molecule has 0 amide bonds. The summed E-state index contributed by atoms with van der Waals surface area (Å²) in [5, 5.41) is 0. The van der Waals surface area contributed by atoms with Gasteiger partial charge in [-0.05, 0) is 54.2 Å². The van der Waals surface area contributed by atoms with Crippen molar-refractivity contribution in [2.45, 2.75) is 63.6 Å². The molecular weight excluding hydrogens is 330 g/mol. The van der Waals surface area contributed by atoms with Gasteiger partial charge in [0, 0.05) is 31.0 Å². The van der Waals surface area contributed by atoms with E-state index in [4.69, 9.17) is 0 Å². The zero-order chi connectivity index (χ0) is 18.4. The van der Waals surface area contributed by atoms with Gasteiger partial charge >= 0.3 is 0 Å². The highest BCUT2D eigenvalue weighted by atomic mass is 16.1. The Kier molecular flexibility index (Phi) is 4.40. The van der Waals surface area contributed by atoms with Crippen molar-refractivity contribution in [2.24, 2.45) is 11.8 Å². The fourth-order valence-electron chi connectivity index (χ4n) is 6.24. The lowest BCUT2D eigenvalue weighted by Crippen LogP contribution is -2.64. The molecular formula is C25H29NO. The second-order valence-electron chi connectivity index (χ2n) is 8.76. The Labute approximate surface area is 162 Å². The molecule has 2 aromatic rings. The molecule has 2 heteroatoms. The van der Waals surface area contributed by atoms with Crippen LogP contribution in [0.25, 0.3) is 0 Å². The number of fused-ring (bicyclic) bond motifs is 2. The minimum Gasteiger partial charge on any atom is -0.299 e. The first-order chi connectivity index (χ1) is 13.3. The fourth-order valence-corrected chi connectivity index (χ4v) is 6.24. The molecule has 6 rings (SSSR count). The molecule has 4 aliphatic rings. The smallest absolute Gasteiger partial charge is 0.137 e. The van der Waals surface area contributed by atoms with Crippen molar-refractivity contribution >= 4 is 5.78 Å². The molecule has 2 aliphatic carbocycles. The molecule has 2 nitrogen and oxygen atoms in total. The molecule has 140 valence electrons. The second kappa shape index (κ2) is 6.91. The van der Waals surface area contributed by atoms with Crippen LogP contribution in [0.4, 0.5) is 0 Å². The van der Waals surface area contributed by atoms with Gasteiger partial charge in [-0.3, -0.25) is 9.69 Å². The Hall–Kier alpha value is -1.93. The Morgan fingerprint density at radius 2 is 1.78 bits per heavy atom. The molecule has 0 aromatic heterocycles. The summed E-state index contributed by atoms with van der Waals surface area (Å²) in [6.07, 6.45) is 5.14. The third-order valence-corrected chi connectivity index (χ3v) is 7.35. The van der Waals surface area contributed by atoms with Gasteiger partial charge in [0.1, 0.15) is 5.78 Å². The van der Waals surface area contributed by atoms with E-state index in [1.807, 2.05) is 0 Å². The van der Waals surface area contributed by atoms with Crippen LogP contribution in [0.15, 0.2) is 54.6 Å². The molecule has 0 N–H and O–H groups in total. The van der Waals surface area contributed by atoms with Crippen molar-refractivity contribution in [3.63, 3.8) is 0 Å². The average molecular weight is 360 g/mol. The van der Waals surface area contributed by atoms with Crippen molar-refractivity contribution in [1.29, 1.82) is 0 Å². The van der Waals surface area contributed by atoms with E-state index in [-0.39, 0.29) is 5.92 Å². The molecule has 2 saturated heterocycles. The summed E-state index contributed by atoms with van der Waals surface area (Å²) in [6.45, 7) is 3.11. The first kappa shape index (κ1) is 17.2. The van der Waals surface area contributed by atoms with Crippen molar-refractivity contribution < 1.29 is 4.79 Å². The largest absolute Gasteiger partial charge is 0.299 e. The molecule has 3 fully saturated rings. The third-order valence-electron chi connectivity index (χ3n) is 7.35. The van der Waals surface area contributed by atoms with Crippen LogP contribution in [0.2, 0.25) is 0 Å². The fraction of sp³-hybridized carbons (Fsp3) is 0.480. The average Bonchev–Trinajstić information content (AvgIpc) is 2.71. The maximum atomic E-state index is 12.9. The molecule has 27 heavy (non-hydrogen) atoms. The predicted molar refractivity (Wildman–Crippen MR) is 109 cm³/mol. The van der Waals surface area contributed by atoms with Gasteiger partial charge in [0.15, 0.2) is 0 Å². The Bertz CT molecular complexity index is 829. The van der Waals surface area contributed by atoms with Crippen molar-refractivity contribution in [3.05, 3.63) is 71.3 Å². The summed E-state index contributed by atoms with van der Waals surface area (Å²) in [5.74, 6) is 2.05. The van der Waals surface area contributed by atoms with Crippen LogP contribution in [0.3, 0.4) is 0 Å². The summed E-state index contributed by atoms with van der Waals surface area (Å²) in [5.41, 5.74) is 4.49. The normalized spacial score (nSPS) is 31.5. The van der Waals surface area contributed by atoms with Gasteiger partial charge in [-0.2, -0.15) is 0 Å². The van der Waals surface area contributed by atoms with E-state index >= 15 is 0 Å². The molecule has 5 unspecified atom stereocenters. The van der Waals surface area contributed by atoms with Crippen molar-refractivity contribution in [3.8, 4) is 0 Å². The van der Waals surface area contributed by atoms with Gasteiger partial charge < -0.3 is 0 Å². The zero-order valence-corrected chi connectivity index (χ0v) is 16.2. The number of piperidine rings is 2. The van der Waals surface area contributed by atoms with Crippen molar-refractivity contribution in [2.75, 3.05) is 0 Å². The quantitative estimate of drug-likeness (QED) is 0.751. The van der Waals surface area contributed by atoms with Crippen LogP contribution in [-0.4, -0.2) is 22.8 Å². The van der Waals surface area contributed by atoms with E-state index in [2.05, 4.69) is 66.4 Å². The van der Waals surface area contributed by atoms with Crippen molar-refractivity contribution in [1.82, 2.24) is 4.90 Å². The van der Waals surface area contributed by atoms with E-state index in [0.717, 1.165) is 38.6 Å². The molecule has 0 spiro atoms. The van der Waals surface area contributed by atoms with Crippen LogP contribution in [0.1, 0.15) is 55.2 Å². The number of rotatable bonds is 5. The van der Waals surface area contributed by atoms with Gasteiger partial charge in [-0.15, -0.1) is 0 Å². The summed E-state index contributed by atoms with van der Waals surface area (Å²) < 4.78 is 0. The molecule has 2 aromatic carbocycles. The number of hydrogen-bond acceptors (Lipinski definition) is 2. The predicted octanol–water partition coefficient (Wildman–Crippen LogP) is 4.97. The van der Waals surface area contributed by atoms with Crippen LogP contribution in [-0.2, 0) is 17.8 Å². The van der Waals surface area contributed by atoms with Crippen LogP contribution in [0, 0.1) is 11.8 Å². The SMILES string of the molecule is CCCC(=O)C1CC2C3CC1N(Cc1ccccc1)C2Cc1ccccc13. The Morgan fingerprint density at radius 1 is 1.00 bits per heavy atom. The van der Waals surface area contributed by atoms with Crippen LogP contribution < -0.4 is 0 Å². The zero-order valence-electron chi connectivity index (χ0n) is 16.2. The minimum atomic E-state index is 0.247. The maximum absolute atomic E-state index is 12.9. The summed E-state index contributed by atoms with van der Waals surface area (Å²) >= 11 is 0. The number of benzene rings is 2. The number of carbonyl (C=O) groups is 1. The second-order valence-corrected chi connectivity index (χ2v) is 8.76. The third kappa shape index (κ3) is 2.86. The van der Waals surface area contributed by atoms with Crippen LogP contribution >= 0.6 is 0 Å². The van der Waals surface area contributed by atoms with Gasteiger partial charge in [-0.1, -0.05) is 61.5 Å². The monoisotopic (exact) mass is 359 g/mol. The molecule has 2 heterocycles.